The van der Waals surface area contributed by atoms with Crippen LogP contribution in [0.5, 0.6) is 0 Å². The van der Waals surface area contributed by atoms with Crippen molar-refractivity contribution in [2.45, 2.75) is 220 Å². The number of thiol groups is 10. The van der Waals surface area contributed by atoms with Gasteiger partial charge >= 0.3 is 44.0 Å². The molecule has 0 N–H and O–H groups in total. The second kappa shape index (κ2) is 53.4. The van der Waals surface area contributed by atoms with Crippen molar-refractivity contribution in [3.05, 3.63) is 0 Å². The topological polar surface area (TPSA) is 138 Å². The lowest BCUT2D eigenvalue weighted by molar-refractivity contribution is 0.0704. The van der Waals surface area contributed by atoms with Gasteiger partial charge in [-0.25, -0.2) is 0 Å². The highest BCUT2D eigenvalue weighted by molar-refractivity contribution is 9.49. The van der Waals surface area contributed by atoms with Crippen LogP contribution in [0, 0.1) is 5.92 Å². The smallest absolute Gasteiger partial charge is 0.374 e. The first-order chi connectivity index (χ1) is 45.1. The largest absolute Gasteiger partial charge is 0.500 e. The van der Waals surface area contributed by atoms with Gasteiger partial charge in [-0.3, -0.25) is 0 Å². The molecule has 40 heteroatoms. The first-order valence-electron chi connectivity index (χ1n) is 34.0. The van der Waals surface area contributed by atoms with Crippen molar-refractivity contribution in [3.63, 3.8) is 0 Å². The van der Waals surface area contributed by atoms with Gasteiger partial charge in [-0.1, -0.05) is 20.3 Å². The van der Waals surface area contributed by atoms with Crippen LogP contribution in [0.3, 0.4) is 0 Å². The SMILES string of the molecule is CCO[Si](CCCS(S)(SS)C(CCC(C)CC)C(C)(C(S(S)(CCC[Si](OCC)(OCC)OCC)SS)(S(S)(CCC[Si](OCC)(OCC)OCC)SS)S(S)(CCC[Si](OCC)(OCC)OCC)SS)S(S)(CCC[Si](OCC)(OCC)OCC)SS)(OCC)OCC. The molecule has 95 heavy (non-hydrogen) atoms. The second-order valence-electron chi connectivity index (χ2n) is 21.8. The third kappa shape index (κ3) is 28.9. The van der Waals surface area contributed by atoms with Gasteiger partial charge in [0.1, 0.15) is 3.41 Å². The molecular formula is C55H132O15S20Si5. The van der Waals surface area contributed by atoms with Crippen LogP contribution in [-0.2, 0) is 66.4 Å². The van der Waals surface area contributed by atoms with Crippen molar-refractivity contribution < 1.29 is 66.4 Å². The molecule has 0 fully saturated rings. The predicted octanol–water partition coefficient (Wildman–Crippen LogP) is 22.5. The van der Waals surface area contributed by atoms with E-state index >= 15 is 0 Å². The highest BCUT2D eigenvalue weighted by Gasteiger charge is 2.78. The zero-order valence-electron chi connectivity index (χ0n) is 60.7. The molecular weight excluding hydrogens is 1680 g/mol. The molecule has 0 spiro atoms. The summed E-state index contributed by atoms with van der Waals surface area (Å²) in [5.41, 5.74) is 0. The summed E-state index contributed by atoms with van der Waals surface area (Å²) in [6, 6.07) is 2.71. The van der Waals surface area contributed by atoms with Crippen LogP contribution in [-0.4, -0.2) is 185 Å². The van der Waals surface area contributed by atoms with Crippen molar-refractivity contribution in [2.75, 3.05) is 128 Å². The average molecular weight is 1820 g/mol. The van der Waals surface area contributed by atoms with E-state index < -0.39 is 92.6 Å². The van der Waals surface area contributed by atoms with Crippen LogP contribution in [0.2, 0.25) is 30.2 Å². The molecule has 0 aromatic heterocycles. The molecule has 0 rings (SSSR count). The van der Waals surface area contributed by atoms with Gasteiger partial charge in [0.2, 0.25) is 0 Å². The summed E-state index contributed by atoms with van der Waals surface area (Å²) in [5.74, 6) is 3.21. The van der Waals surface area contributed by atoms with E-state index in [9.17, 15) is 0 Å². The van der Waals surface area contributed by atoms with Gasteiger partial charge in [0.15, 0.2) is 0 Å². The lowest BCUT2D eigenvalue weighted by Gasteiger charge is -2.78. The lowest BCUT2D eigenvalue weighted by Crippen LogP contribution is -2.64. The fourth-order valence-electron chi connectivity index (χ4n) is 12.3. The predicted molar refractivity (Wildman–Crippen MR) is 484 cm³/mol. The first-order valence-corrected chi connectivity index (χ1v) is 69.9. The summed E-state index contributed by atoms with van der Waals surface area (Å²) in [6.45, 7) is 43.9. The van der Waals surface area contributed by atoms with Crippen LogP contribution >= 0.6 is 206 Å². The molecule has 0 radical (unpaired) electrons. The standard InChI is InChI=1S/C55H132O15S20Si5/c1-19-52(17)40-41-53(86(76,81-71)42-35-47-91(56-20-2,57-21-3)58-22-4)54(18,87(77,82-72)43-36-48-92(59-23-5,60-24-6)61-25-7)55(88(78,83-73)44-37-49-93(62-26-8,63-27-9)64-28-10,89(79,84-74)45-38-50-94(65-29-11,66-30-12)67-31-13)90(80,85-75)46-39-51-95(68-32-14,69-33-15)70-34-16/h52-53,71-80H,19-51H2,1-18H3. The van der Waals surface area contributed by atoms with Gasteiger partial charge in [0.25, 0.3) is 0 Å². The first kappa shape index (κ1) is 102. The minimum absolute atomic E-state index is 0.285. The molecule has 0 heterocycles. The van der Waals surface area contributed by atoms with Crippen molar-refractivity contribution >= 4 is 250 Å². The Labute approximate surface area is 661 Å². The monoisotopic (exact) mass is 1810 g/mol. The molecule has 15 nitrogen and oxygen atoms in total. The van der Waals surface area contributed by atoms with E-state index in [1.54, 1.807) is 49.1 Å². The van der Waals surface area contributed by atoms with E-state index in [4.69, 9.17) is 183 Å². The van der Waals surface area contributed by atoms with Gasteiger partial charge in [0, 0.05) is 135 Å². The number of hydrogen-bond acceptors (Lipinski definition) is 30. The van der Waals surface area contributed by atoms with Crippen LogP contribution in [0.4, 0.5) is 0 Å². The minimum atomic E-state index is -3.29. The summed E-state index contributed by atoms with van der Waals surface area (Å²) < 4.78 is 97.9. The van der Waals surface area contributed by atoms with E-state index in [-0.39, 0.29) is 5.25 Å². The van der Waals surface area contributed by atoms with Gasteiger partial charge in [-0.2, -0.15) is 0 Å². The van der Waals surface area contributed by atoms with Crippen LogP contribution in [0.15, 0.2) is 0 Å². The molecule has 0 aromatic carbocycles. The number of rotatable bonds is 66. The Bertz CT molecular complexity index is 1780. The Hall–Kier alpha value is 7.48. The van der Waals surface area contributed by atoms with E-state index in [1.807, 2.05) is 104 Å². The van der Waals surface area contributed by atoms with Gasteiger partial charge in [-0.05, 0) is 240 Å². The summed E-state index contributed by atoms with van der Waals surface area (Å²) in [5, 5.41) is -0.285. The molecule has 582 valence electrons. The van der Waals surface area contributed by atoms with Crippen molar-refractivity contribution in [3.8, 4) is 0 Å². The molecule has 0 saturated carbocycles. The highest BCUT2D eigenvalue weighted by atomic mass is 33.8. The van der Waals surface area contributed by atoms with Gasteiger partial charge < -0.3 is 66.4 Å². The normalized spacial score (nSPS) is 20.0. The Kier molecular flexibility index (Phi) is 57.6. The Morgan fingerprint density at radius 1 is 0.305 bits per heavy atom. The molecule has 0 aliphatic rings. The molecule has 0 aromatic rings. The molecule has 8 unspecified atom stereocenters. The zero-order valence-corrected chi connectivity index (χ0v) is 82.8. The third-order valence-electron chi connectivity index (χ3n) is 15.8. The average Bonchev–Trinajstić information content (AvgIpc) is 0.657. The fraction of sp³-hybridized carbons (Fsp3) is 1.00. The van der Waals surface area contributed by atoms with E-state index in [1.165, 1.54) is 0 Å². The minimum Gasteiger partial charge on any atom is -0.374 e. The molecule has 0 bridgehead atoms. The molecule has 0 saturated heterocycles. The van der Waals surface area contributed by atoms with Crippen LogP contribution in [0.25, 0.3) is 0 Å². The summed E-state index contributed by atoms with van der Waals surface area (Å²) >= 11 is 61.2. The maximum absolute atomic E-state index is 6.69. The van der Waals surface area contributed by atoms with Crippen molar-refractivity contribution in [2.24, 2.45) is 5.92 Å². The third-order valence-corrected chi connectivity index (χ3v) is 91.7. The van der Waals surface area contributed by atoms with E-state index in [0.717, 1.165) is 19.3 Å². The van der Waals surface area contributed by atoms with Crippen molar-refractivity contribution in [1.29, 1.82) is 0 Å². The van der Waals surface area contributed by atoms with Gasteiger partial charge in [0.05, 0.1) is 4.75 Å². The maximum Gasteiger partial charge on any atom is 0.500 e. The molecule has 0 amide bonds. The molecule has 0 aliphatic heterocycles. The summed E-state index contributed by atoms with van der Waals surface area (Å²) in [6.07, 6.45) is 5.72. The van der Waals surface area contributed by atoms with Gasteiger partial charge in [-0.15, -0.1) is 157 Å². The highest BCUT2D eigenvalue weighted by Crippen LogP contribution is 3.08. The lowest BCUT2D eigenvalue weighted by atomic mass is 9.96. The van der Waals surface area contributed by atoms with E-state index in [2.05, 4.69) is 20.8 Å². The quantitative estimate of drug-likeness (QED) is 0.0160. The molecule has 0 aliphatic carbocycles. The van der Waals surface area contributed by atoms with Crippen LogP contribution < -0.4 is 0 Å². The molecule has 8 atom stereocenters. The Morgan fingerprint density at radius 3 is 0.684 bits per heavy atom. The summed E-state index contributed by atoms with van der Waals surface area (Å²) in [4.78, 5) is 0. The fourth-order valence-corrected chi connectivity index (χ4v) is 94.3. The zero-order chi connectivity index (χ0) is 72.6. The summed E-state index contributed by atoms with van der Waals surface area (Å²) in [7, 11) is -21.7. The number of hydrogen-bond donors (Lipinski definition) is 10. The Morgan fingerprint density at radius 2 is 0.505 bits per heavy atom. The van der Waals surface area contributed by atoms with Crippen LogP contribution in [0.1, 0.15) is 176 Å². The maximum atomic E-state index is 6.69. The van der Waals surface area contributed by atoms with Crippen molar-refractivity contribution in [1.82, 2.24) is 0 Å². The van der Waals surface area contributed by atoms with E-state index in [0.29, 0.717) is 196 Å². The Balaban J connectivity index is 11.1. The second-order valence-corrected chi connectivity index (χ2v) is 79.5.